The topological polar surface area (TPSA) is 102 Å². The summed E-state index contributed by atoms with van der Waals surface area (Å²) in [6.07, 6.45) is 0.353. The lowest BCUT2D eigenvalue weighted by Gasteiger charge is -2.50. The highest BCUT2D eigenvalue weighted by atomic mass is 35.5. The van der Waals surface area contributed by atoms with Crippen molar-refractivity contribution in [1.29, 1.82) is 0 Å². The summed E-state index contributed by atoms with van der Waals surface area (Å²) in [7, 11) is -8.19. The fourth-order valence-corrected chi connectivity index (χ4v) is 9.23. The van der Waals surface area contributed by atoms with Crippen LogP contribution in [0.5, 0.6) is 5.75 Å². The maximum Gasteiger partial charge on any atom is 0.279 e. The molecule has 2 aromatic carbocycles. The van der Waals surface area contributed by atoms with Crippen molar-refractivity contribution in [3.63, 3.8) is 0 Å². The molecule has 196 valence electrons. The Morgan fingerprint density at radius 1 is 1.03 bits per heavy atom. The zero-order valence-electron chi connectivity index (χ0n) is 19.1. The minimum absolute atomic E-state index is 0.116. The van der Waals surface area contributed by atoms with Crippen molar-refractivity contribution < 1.29 is 35.1 Å². The molecular weight excluding hydrogens is 538 g/mol. The van der Waals surface area contributed by atoms with E-state index in [0.29, 0.717) is 18.1 Å². The highest BCUT2D eigenvalue weighted by molar-refractivity contribution is 7.92. The second-order valence-corrected chi connectivity index (χ2v) is 13.5. The maximum absolute atomic E-state index is 15.4. The van der Waals surface area contributed by atoms with Crippen LogP contribution < -0.4 is 9.46 Å². The van der Waals surface area contributed by atoms with Crippen molar-refractivity contribution in [2.75, 3.05) is 32.8 Å². The van der Waals surface area contributed by atoms with Crippen LogP contribution >= 0.6 is 11.6 Å². The fraction of sp³-hybridized carbons (Fsp3) is 0.478. The Morgan fingerprint density at radius 2 is 1.69 bits per heavy atom. The molecule has 0 aromatic heterocycles. The van der Waals surface area contributed by atoms with E-state index in [-0.39, 0.29) is 31.1 Å². The number of halogens is 3. The third-order valence-electron chi connectivity index (χ3n) is 7.22. The predicted octanol–water partition coefficient (Wildman–Crippen LogP) is 3.02. The van der Waals surface area contributed by atoms with E-state index in [4.69, 9.17) is 21.1 Å². The molecule has 2 saturated heterocycles. The number of ether oxygens (including phenoxy) is 2. The quantitative estimate of drug-likeness (QED) is 0.581. The standard InChI is InChI=1S/C23H25ClF2N2O6S2/c24-15-3-5-16(6-4-15)35(29,30)23-9-12-33-20(13-27-36(31,32)28-10-1-2-11-28)17(23)14-34-22-19(26)8-7-18(25)21(22)23/h3-8,17,20,27H,1-2,9-14H2/t17-,20-,23-/m0/s1. The molecule has 0 aliphatic carbocycles. The van der Waals surface area contributed by atoms with Gasteiger partial charge in [0.1, 0.15) is 10.6 Å². The summed E-state index contributed by atoms with van der Waals surface area (Å²) in [5, 5.41) is 0.314. The Kier molecular flexibility index (Phi) is 6.80. The third kappa shape index (κ3) is 4.11. The molecular formula is C23H25ClF2N2O6S2. The predicted molar refractivity (Wildman–Crippen MR) is 128 cm³/mol. The summed E-state index contributed by atoms with van der Waals surface area (Å²) in [4.78, 5) is -0.119. The van der Waals surface area contributed by atoms with E-state index in [9.17, 15) is 21.2 Å². The summed E-state index contributed by atoms with van der Waals surface area (Å²) in [5.41, 5.74) is -0.399. The zero-order chi connectivity index (χ0) is 25.7. The Bertz CT molecular complexity index is 1370. The van der Waals surface area contributed by atoms with Crippen LogP contribution in [-0.4, -0.2) is 60.1 Å². The molecule has 5 rings (SSSR count). The lowest BCUT2D eigenvalue weighted by atomic mass is 9.76. The van der Waals surface area contributed by atoms with E-state index in [1.54, 1.807) is 0 Å². The average Bonchev–Trinajstić information content (AvgIpc) is 3.41. The SMILES string of the molecule is O=S(=O)(NC[C@@H]1OCC[C@@]2(S(=O)(=O)c3ccc(Cl)cc3)c3c(F)ccc(F)c3OC[C@@H]12)N1CCCC1. The molecule has 13 heteroatoms. The first-order chi connectivity index (χ1) is 17.1. The van der Waals surface area contributed by atoms with Crippen LogP contribution in [0.15, 0.2) is 41.3 Å². The summed E-state index contributed by atoms with van der Waals surface area (Å²) in [6.45, 7) is 0.0996. The van der Waals surface area contributed by atoms with Crippen molar-refractivity contribution in [2.24, 2.45) is 5.92 Å². The lowest BCUT2D eigenvalue weighted by Crippen LogP contribution is -2.60. The van der Waals surface area contributed by atoms with Gasteiger partial charge in [0.25, 0.3) is 10.2 Å². The number of hydrogen-bond donors (Lipinski definition) is 1. The monoisotopic (exact) mass is 562 g/mol. The van der Waals surface area contributed by atoms with Crippen molar-refractivity contribution in [2.45, 2.75) is 35.0 Å². The van der Waals surface area contributed by atoms with Crippen LogP contribution in [-0.2, 0) is 29.5 Å². The van der Waals surface area contributed by atoms with Gasteiger partial charge in [-0.2, -0.15) is 17.4 Å². The molecule has 3 aliphatic rings. The molecule has 0 saturated carbocycles. The summed E-state index contributed by atoms with van der Waals surface area (Å²) in [5.74, 6) is -3.29. The second kappa shape index (κ2) is 9.48. The van der Waals surface area contributed by atoms with E-state index in [1.807, 2.05) is 0 Å². The summed E-state index contributed by atoms with van der Waals surface area (Å²) < 4.78 is 97.4. The van der Waals surface area contributed by atoms with Crippen LogP contribution in [0, 0.1) is 17.6 Å². The maximum atomic E-state index is 15.4. The van der Waals surface area contributed by atoms with Crippen LogP contribution in [0.3, 0.4) is 0 Å². The number of sulfone groups is 1. The minimum atomic E-state index is -4.37. The van der Waals surface area contributed by atoms with Gasteiger partial charge in [-0.3, -0.25) is 0 Å². The van der Waals surface area contributed by atoms with Crippen molar-refractivity contribution in [1.82, 2.24) is 9.03 Å². The number of nitrogens with zero attached hydrogens (tertiary/aromatic N) is 1. The Hall–Kier alpha value is -1.83. The molecule has 2 aromatic rings. The average molecular weight is 563 g/mol. The number of fused-ring (bicyclic) bond motifs is 3. The van der Waals surface area contributed by atoms with Gasteiger partial charge < -0.3 is 9.47 Å². The Labute approximate surface area is 213 Å². The Balaban J connectivity index is 1.60. The summed E-state index contributed by atoms with van der Waals surface area (Å²) in [6, 6.07) is 7.21. The normalized spacial score (nSPS) is 26.8. The van der Waals surface area contributed by atoms with E-state index in [1.165, 1.54) is 28.6 Å². The highest BCUT2D eigenvalue weighted by Crippen LogP contribution is 2.55. The van der Waals surface area contributed by atoms with Gasteiger partial charge in [-0.05, 0) is 55.7 Å². The smallest absolute Gasteiger partial charge is 0.279 e. The van der Waals surface area contributed by atoms with Crippen molar-refractivity contribution >= 4 is 31.6 Å². The molecule has 8 nitrogen and oxygen atoms in total. The second-order valence-electron chi connectivity index (χ2n) is 9.12. The van der Waals surface area contributed by atoms with Crippen molar-refractivity contribution in [3.8, 4) is 5.75 Å². The van der Waals surface area contributed by atoms with Gasteiger partial charge in [0, 0.05) is 37.2 Å². The molecule has 3 atom stereocenters. The molecule has 0 spiro atoms. The van der Waals surface area contributed by atoms with E-state index >= 15 is 4.39 Å². The van der Waals surface area contributed by atoms with Gasteiger partial charge in [-0.15, -0.1) is 0 Å². The molecule has 3 heterocycles. The number of hydrogen-bond acceptors (Lipinski definition) is 6. The van der Waals surface area contributed by atoms with E-state index in [2.05, 4.69) is 4.72 Å². The largest absolute Gasteiger partial charge is 0.490 e. The fourth-order valence-electron chi connectivity index (χ4n) is 5.46. The minimum Gasteiger partial charge on any atom is -0.490 e. The van der Waals surface area contributed by atoms with Crippen LogP contribution in [0.1, 0.15) is 24.8 Å². The summed E-state index contributed by atoms with van der Waals surface area (Å²) >= 11 is 5.96. The number of rotatable bonds is 6. The molecule has 0 amide bonds. The lowest BCUT2D eigenvalue weighted by molar-refractivity contribution is -0.0689. The van der Waals surface area contributed by atoms with E-state index in [0.717, 1.165) is 25.0 Å². The van der Waals surface area contributed by atoms with Gasteiger partial charge in [-0.25, -0.2) is 17.2 Å². The van der Waals surface area contributed by atoms with Crippen LogP contribution in [0.4, 0.5) is 8.78 Å². The molecule has 0 unspecified atom stereocenters. The first-order valence-corrected chi connectivity index (χ1v) is 14.9. The van der Waals surface area contributed by atoms with Crippen LogP contribution in [0.25, 0.3) is 0 Å². The molecule has 1 N–H and O–H groups in total. The van der Waals surface area contributed by atoms with Gasteiger partial charge >= 0.3 is 0 Å². The molecule has 3 aliphatic heterocycles. The first kappa shape index (κ1) is 25.8. The first-order valence-electron chi connectivity index (χ1n) is 11.6. The van der Waals surface area contributed by atoms with Gasteiger partial charge in [0.15, 0.2) is 21.4 Å². The zero-order valence-corrected chi connectivity index (χ0v) is 21.5. The van der Waals surface area contributed by atoms with Gasteiger partial charge in [0.2, 0.25) is 0 Å². The van der Waals surface area contributed by atoms with E-state index < -0.39 is 59.8 Å². The Morgan fingerprint density at radius 3 is 2.39 bits per heavy atom. The van der Waals surface area contributed by atoms with Crippen LogP contribution in [0.2, 0.25) is 5.02 Å². The molecule has 2 fully saturated rings. The third-order valence-corrected chi connectivity index (χ3v) is 11.6. The number of benzene rings is 2. The molecule has 0 bridgehead atoms. The van der Waals surface area contributed by atoms with Gasteiger partial charge in [-0.1, -0.05) is 11.6 Å². The highest BCUT2D eigenvalue weighted by Gasteiger charge is 2.61. The number of nitrogens with one attached hydrogen (secondary N) is 1. The molecule has 36 heavy (non-hydrogen) atoms. The van der Waals surface area contributed by atoms with Crippen molar-refractivity contribution in [3.05, 3.63) is 58.6 Å². The van der Waals surface area contributed by atoms with Gasteiger partial charge in [0.05, 0.1) is 23.2 Å². The molecule has 0 radical (unpaired) electrons.